The van der Waals surface area contributed by atoms with Gasteiger partial charge in [0.25, 0.3) is 0 Å². The first-order chi connectivity index (χ1) is 6.84. The van der Waals surface area contributed by atoms with Crippen molar-refractivity contribution in [3.63, 3.8) is 0 Å². The van der Waals surface area contributed by atoms with Crippen molar-refractivity contribution in [2.75, 3.05) is 13.7 Å². The minimum absolute atomic E-state index is 0.282. The third-order valence-electron chi connectivity index (χ3n) is 1.67. The van der Waals surface area contributed by atoms with Crippen molar-refractivity contribution in [3.8, 4) is 0 Å². The van der Waals surface area contributed by atoms with E-state index in [0.29, 0.717) is 18.6 Å². The quantitative estimate of drug-likeness (QED) is 0.414. The highest BCUT2D eigenvalue weighted by molar-refractivity contribution is 5.89. The summed E-state index contributed by atoms with van der Waals surface area (Å²) < 4.78 is 5.00. The van der Waals surface area contributed by atoms with Crippen LogP contribution in [0.25, 0.3) is 0 Å². The normalized spacial score (nSPS) is 10.4. The first kappa shape index (κ1) is 10.4. The van der Waals surface area contributed by atoms with E-state index >= 15 is 0 Å². The van der Waals surface area contributed by atoms with Crippen LogP contribution in [0.3, 0.4) is 0 Å². The van der Waals surface area contributed by atoms with Crippen molar-refractivity contribution >= 4 is 12.2 Å². The lowest BCUT2D eigenvalue weighted by Crippen LogP contribution is -2.06. The average Bonchev–Trinajstić information content (AvgIpc) is 2.25. The molecule has 0 aliphatic rings. The molecule has 0 aliphatic heterocycles. The Hall–Kier alpha value is -1.64. The van der Waals surface area contributed by atoms with Crippen molar-refractivity contribution in [3.05, 3.63) is 35.9 Å². The van der Waals surface area contributed by atoms with Crippen LogP contribution >= 0.6 is 0 Å². The molecule has 0 bridgehead atoms. The Labute approximate surface area is 83.4 Å². The van der Waals surface area contributed by atoms with Gasteiger partial charge in [-0.05, 0) is 12.1 Å². The number of benzene rings is 1. The molecule has 0 heterocycles. The molecule has 1 aromatic rings. The van der Waals surface area contributed by atoms with E-state index in [1.54, 1.807) is 25.4 Å². The highest BCUT2D eigenvalue weighted by Gasteiger charge is 2.03. The van der Waals surface area contributed by atoms with E-state index in [0.717, 1.165) is 0 Å². The predicted octanol–water partition coefficient (Wildman–Crippen LogP) is 1.93. The number of rotatable bonds is 4. The molecule has 0 aliphatic carbocycles. The number of hydrogen-bond donors (Lipinski definition) is 0. The van der Waals surface area contributed by atoms with E-state index in [1.165, 1.54) is 0 Å². The Balaban J connectivity index is 2.36. The fraction of sp³-hybridized carbons (Fsp3) is 0.273. The van der Waals surface area contributed by atoms with Crippen LogP contribution in [0.5, 0.6) is 0 Å². The largest absolute Gasteiger partial charge is 0.462 e. The van der Waals surface area contributed by atoms with E-state index in [1.807, 2.05) is 18.2 Å². The first-order valence-electron chi connectivity index (χ1n) is 4.47. The molecule has 0 amide bonds. The van der Waals surface area contributed by atoms with Gasteiger partial charge in [-0.15, -0.1) is 0 Å². The van der Waals surface area contributed by atoms with E-state index in [-0.39, 0.29) is 5.97 Å². The maximum atomic E-state index is 11.3. The number of ether oxygens (including phenoxy) is 1. The molecule has 0 aromatic heterocycles. The summed E-state index contributed by atoms with van der Waals surface area (Å²) in [5, 5.41) is 0. The molecular weight excluding hydrogens is 178 g/mol. The minimum Gasteiger partial charge on any atom is -0.462 e. The molecule has 0 saturated carbocycles. The third-order valence-corrected chi connectivity index (χ3v) is 1.67. The first-order valence-corrected chi connectivity index (χ1v) is 4.47. The number of nitrogens with zero attached hydrogens (tertiary/aromatic N) is 1. The second-order valence-corrected chi connectivity index (χ2v) is 2.73. The molecule has 0 atom stereocenters. The van der Waals surface area contributed by atoms with Crippen molar-refractivity contribution in [2.24, 2.45) is 4.99 Å². The van der Waals surface area contributed by atoms with E-state index in [2.05, 4.69) is 4.99 Å². The highest BCUT2D eigenvalue weighted by Crippen LogP contribution is 2.00. The number of carbonyl (C=O) groups is 1. The third kappa shape index (κ3) is 3.39. The molecule has 0 N–H and O–H groups in total. The molecule has 14 heavy (non-hydrogen) atoms. The molecule has 74 valence electrons. The molecule has 0 radical (unpaired) electrons. The molecule has 0 spiro atoms. The van der Waals surface area contributed by atoms with Crippen molar-refractivity contribution in [1.82, 2.24) is 0 Å². The van der Waals surface area contributed by atoms with Crippen molar-refractivity contribution in [1.29, 1.82) is 0 Å². The Kier molecular flexibility index (Phi) is 4.41. The highest BCUT2D eigenvalue weighted by atomic mass is 16.5. The molecule has 3 nitrogen and oxygen atoms in total. The minimum atomic E-state index is -0.282. The van der Waals surface area contributed by atoms with Gasteiger partial charge in [0.05, 0.1) is 12.2 Å². The zero-order valence-electron chi connectivity index (χ0n) is 8.14. The van der Waals surface area contributed by atoms with Crippen molar-refractivity contribution in [2.45, 2.75) is 6.42 Å². The molecule has 1 rings (SSSR count). The van der Waals surface area contributed by atoms with Crippen LogP contribution in [-0.4, -0.2) is 25.8 Å². The van der Waals surface area contributed by atoms with Crippen LogP contribution in [0.4, 0.5) is 0 Å². The molecule has 0 saturated heterocycles. The zero-order chi connectivity index (χ0) is 10.2. The fourth-order valence-corrected chi connectivity index (χ4v) is 0.991. The number of esters is 1. The topological polar surface area (TPSA) is 38.7 Å². The van der Waals surface area contributed by atoms with Crippen LogP contribution in [0, 0.1) is 0 Å². The van der Waals surface area contributed by atoms with E-state index in [4.69, 9.17) is 4.74 Å². The van der Waals surface area contributed by atoms with Gasteiger partial charge >= 0.3 is 5.97 Å². The lowest BCUT2D eigenvalue weighted by Gasteiger charge is -2.01. The Bertz CT molecular complexity index is 306. The SMILES string of the molecule is CN=CCCOC(=O)c1ccccc1. The lowest BCUT2D eigenvalue weighted by molar-refractivity contribution is 0.0516. The van der Waals surface area contributed by atoms with Gasteiger partial charge in [-0.3, -0.25) is 0 Å². The van der Waals surface area contributed by atoms with Gasteiger partial charge in [-0.25, -0.2) is 4.79 Å². The van der Waals surface area contributed by atoms with Crippen LogP contribution in [0.1, 0.15) is 16.8 Å². The second-order valence-electron chi connectivity index (χ2n) is 2.73. The van der Waals surface area contributed by atoms with Gasteiger partial charge in [0.1, 0.15) is 0 Å². The van der Waals surface area contributed by atoms with Crippen LogP contribution < -0.4 is 0 Å². The van der Waals surface area contributed by atoms with E-state index < -0.39 is 0 Å². The van der Waals surface area contributed by atoms with Crippen LogP contribution in [0.2, 0.25) is 0 Å². The Morgan fingerprint density at radius 1 is 1.43 bits per heavy atom. The summed E-state index contributed by atoms with van der Waals surface area (Å²) in [7, 11) is 1.69. The summed E-state index contributed by atoms with van der Waals surface area (Å²) in [4.78, 5) is 15.1. The Morgan fingerprint density at radius 3 is 2.79 bits per heavy atom. The monoisotopic (exact) mass is 191 g/mol. The summed E-state index contributed by atoms with van der Waals surface area (Å²) in [5.74, 6) is -0.282. The van der Waals surface area contributed by atoms with E-state index in [9.17, 15) is 4.79 Å². The standard InChI is InChI=1S/C11H13NO2/c1-12-8-5-9-14-11(13)10-6-3-2-4-7-10/h2-4,6-8H,5,9H2,1H3. The second kappa shape index (κ2) is 5.91. The number of hydrogen-bond acceptors (Lipinski definition) is 3. The maximum Gasteiger partial charge on any atom is 0.338 e. The van der Waals surface area contributed by atoms with Gasteiger partial charge in [0, 0.05) is 19.7 Å². The van der Waals surface area contributed by atoms with Crippen LogP contribution in [0.15, 0.2) is 35.3 Å². The smallest absolute Gasteiger partial charge is 0.338 e. The predicted molar refractivity (Wildman–Crippen MR) is 55.8 cm³/mol. The average molecular weight is 191 g/mol. The van der Waals surface area contributed by atoms with Crippen molar-refractivity contribution < 1.29 is 9.53 Å². The summed E-state index contributed by atoms with van der Waals surface area (Å²) in [6.07, 6.45) is 2.38. The molecule has 1 aromatic carbocycles. The van der Waals surface area contributed by atoms with Gasteiger partial charge in [0.15, 0.2) is 0 Å². The maximum absolute atomic E-state index is 11.3. The number of carbonyl (C=O) groups excluding carboxylic acids is 1. The van der Waals surface area contributed by atoms with Crippen LogP contribution in [-0.2, 0) is 4.74 Å². The van der Waals surface area contributed by atoms with Gasteiger partial charge in [-0.2, -0.15) is 0 Å². The summed E-state index contributed by atoms with van der Waals surface area (Å²) in [5.41, 5.74) is 0.584. The van der Waals surface area contributed by atoms with Gasteiger partial charge < -0.3 is 9.73 Å². The summed E-state index contributed by atoms with van der Waals surface area (Å²) in [6.45, 7) is 0.380. The fourth-order valence-electron chi connectivity index (χ4n) is 0.991. The molecule has 3 heteroatoms. The zero-order valence-corrected chi connectivity index (χ0v) is 8.14. The summed E-state index contributed by atoms with van der Waals surface area (Å²) in [6, 6.07) is 8.95. The Morgan fingerprint density at radius 2 is 2.14 bits per heavy atom. The molecule has 0 unspecified atom stereocenters. The van der Waals surface area contributed by atoms with Gasteiger partial charge in [0.2, 0.25) is 0 Å². The summed E-state index contributed by atoms with van der Waals surface area (Å²) >= 11 is 0. The molecular formula is C11H13NO2. The number of aliphatic imine (C=N–C) groups is 1. The van der Waals surface area contributed by atoms with Gasteiger partial charge in [-0.1, -0.05) is 18.2 Å². The molecule has 0 fully saturated rings. The lowest BCUT2D eigenvalue weighted by atomic mass is 10.2.